The van der Waals surface area contributed by atoms with Crippen molar-refractivity contribution in [3.05, 3.63) is 58.3 Å². The zero-order valence-corrected chi connectivity index (χ0v) is 20.9. The van der Waals surface area contributed by atoms with Gasteiger partial charge in [0.15, 0.2) is 0 Å². The van der Waals surface area contributed by atoms with E-state index in [0.29, 0.717) is 37.5 Å². The molecule has 1 aliphatic rings. The standard InChI is InChI=1S/C23H27BrN4O3S/c1-16(28-18(3)23(24)17(2)25-28)14-22(29)26-10-12-27(13-11-26)32(30,31)21-9-8-19-6-4-5-7-20(19)15-21/h4-9,15-16H,10-14H2,1-3H3/t16-/m1/s1. The first-order valence-corrected chi connectivity index (χ1v) is 12.9. The van der Waals surface area contributed by atoms with Crippen molar-refractivity contribution < 1.29 is 13.2 Å². The van der Waals surface area contributed by atoms with Crippen molar-refractivity contribution in [2.75, 3.05) is 26.2 Å². The molecule has 0 aliphatic carbocycles. The van der Waals surface area contributed by atoms with Crippen molar-refractivity contribution in [2.24, 2.45) is 0 Å². The van der Waals surface area contributed by atoms with Gasteiger partial charge in [-0.2, -0.15) is 9.40 Å². The molecule has 1 aliphatic heterocycles. The second-order valence-electron chi connectivity index (χ2n) is 8.28. The van der Waals surface area contributed by atoms with E-state index in [-0.39, 0.29) is 11.9 Å². The molecule has 0 N–H and O–H groups in total. The summed E-state index contributed by atoms with van der Waals surface area (Å²) in [5, 5.41) is 6.42. The van der Waals surface area contributed by atoms with Crippen LogP contribution < -0.4 is 0 Å². The van der Waals surface area contributed by atoms with Gasteiger partial charge >= 0.3 is 0 Å². The Morgan fingerprint density at radius 3 is 2.34 bits per heavy atom. The smallest absolute Gasteiger partial charge is 0.243 e. The Morgan fingerprint density at radius 2 is 1.72 bits per heavy atom. The second-order valence-corrected chi connectivity index (χ2v) is 11.0. The van der Waals surface area contributed by atoms with Gasteiger partial charge in [-0.05, 0) is 59.6 Å². The first kappa shape index (κ1) is 22.9. The van der Waals surface area contributed by atoms with Gasteiger partial charge in [0.1, 0.15) is 0 Å². The molecular formula is C23H27BrN4O3S. The number of carbonyl (C=O) groups is 1. The van der Waals surface area contributed by atoms with Crippen LogP contribution in [0.5, 0.6) is 0 Å². The first-order valence-electron chi connectivity index (χ1n) is 10.7. The molecule has 32 heavy (non-hydrogen) atoms. The fraction of sp³-hybridized carbons (Fsp3) is 0.391. The molecule has 1 amide bonds. The highest BCUT2D eigenvalue weighted by molar-refractivity contribution is 9.10. The van der Waals surface area contributed by atoms with Gasteiger partial charge in [0, 0.05) is 32.6 Å². The van der Waals surface area contributed by atoms with Crippen molar-refractivity contribution in [1.29, 1.82) is 0 Å². The number of rotatable bonds is 5. The van der Waals surface area contributed by atoms with Gasteiger partial charge in [-0.15, -0.1) is 0 Å². The third-order valence-electron chi connectivity index (χ3n) is 6.07. The third-order valence-corrected chi connectivity index (χ3v) is 9.12. The van der Waals surface area contributed by atoms with E-state index in [0.717, 1.165) is 26.6 Å². The minimum absolute atomic E-state index is 0.0175. The number of hydrogen-bond acceptors (Lipinski definition) is 4. The highest BCUT2D eigenvalue weighted by atomic mass is 79.9. The number of benzene rings is 2. The highest BCUT2D eigenvalue weighted by Gasteiger charge is 2.31. The van der Waals surface area contributed by atoms with Gasteiger partial charge in [-0.3, -0.25) is 9.48 Å². The summed E-state index contributed by atoms with van der Waals surface area (Å²) in [6.07, 6.45) is 0.325. The van der Waals surface area contributed by atoms with Gasteiger partial charge in [0.05, 0.1) is 26.8 Å². The lowest BCUT2D eigenvalue weighted by molar-refractivity contribution is -0.133. The molecule has 2 heterocycles. The van der Waals surface area contributed by atoms with Crippen molar-refractivity contribution in [1.82, 2.24) is 19.0 Å². The molecule has 0 saturated carbocycles. The Kier molecular flexibility index (Phi) is 6.42. The van der Waals surface area contributed by atoms with Crippen molar-refractivity contribution in [2.45, 2.75) is 38.1 Å². The van der Waals surface area contributed by atoms with Crippen LogP contribution in [0.4, 0.5) is 0 Å². The van der Waals surface area contributed by atoms with E-state index in [4.69, 9.17) is 0 Å². The number of carbonyl (C=O) groups excluding carboxylic acids is 1. The summed E-state index contributed by atoms with van der Waals surface area (Å²) in [7, 11) is -3.60. The predicted molar refractivity (Wildman–Crippen MR) is 128 cm³/mol. The molecule has 9 heteroatoms. The summed E-state index contributed by atoms with van der Waals surface area (Å²) in [4.78, 5) is 14.9. The number of piperazine rings is 1. The van der Waals surface area contributed by atoms with Gasteiger partial charge in [0.2, 0.25) is 15.9 Å². The lowest BCUT2D eigenvalue weighted by atomic mass is 10.1. The Bertz CT molecular complexity index is 1260. The van der Waals surface area contributed by atoms with E-state index < -0.39 is 10.0 Å². The van der Waals surface area contributed by atoms with Crippen LogP contribution in [0.3, 0.4) is 0 Å². The molecule has 1 fully saturated rings. The molecule has 1 atom stereocenters. The molecule has 0 unspecified atom stereocenters. The molecular weight excluding hydrogens is 492 g/mol. The molecule has 0 spiro atoms. The van der Waals surface area contributed by atoms with Crippen LogP contribution in [-0.4, -0.2) is 59.5 Å². The summed E-state index contributed by atoms with van der Waals surface area (Å²) in [6.45, 7) is 7.24. The summed E-state index contributed by atoms with van der Waals surface area (Å²) in [5.41, 5.74) is 1.89. The minimum Gasteiger partial charge on any atom is -0.340 e. The highest BCUT2D eigenvalue weighted by Crippen LogP contribution is 2.26. The Morgan fingerprint density at radius 1 is 1.06 bits per heavy atom. The maximum absolute atomic E-state index is 13.1. The number of halogens is 1. The molecule has 170 valence electrons. The number of amides is 1. The number of sulfonamides is 1. The lowest BCUT2D eigenvalue weighted by Crippen LogP contribution is -2.50. The van der Waals surface area contributed by atoms with E-state index in [9.17, 15) is 13.2 Å². The molecule has 1 saturated heterocycles. The van der Waals surface area contributed by atoms with Crippen LogP contribution in [0.15, 0.2) is 51.8 Å². The fourth-order valence-electron chi connectivity index (χ4n) is 4.20. The number of hydrogen-bond donors (Lipinski definition) is 0. The molecule has 2 aromatic carbocycles. The van der Waals surface area contributed by atoms with Crippen LogP contribution in [0.1, 0.15) is 30.8 Å². The molecule has 3 aromatic rings. The van der Waals surface area contributed by atoms with Crippen LogP contribution in [0.25, 0.3) is 10.8 Å². The molecule has 4 rings (SSSR count). The van der Waals surface area contributed by atoms with Gasteiger partial charge < -0.3 is 4.90 Å². The average Bonchev–Trinajstić information content (AvgIpc) is 3.06. The largest absolute Gasteiger partial charge is 0.340 e. The fourth-order valence-corrected chi connectivity index (χ4v) is 5.91. The van der Waals surface area contributed by atoms with Crippen molar-refractivity contribution in [3.63, 3.8) is 0 Å². The predicted octanol–water partition coefficient (Wildman–Crippen LogP) is 3.90. The summed E-state index contributed by atoms with van der Waals surface area (Å²) in [5.74, 6) is 0.0175. The second kappa shape index (κ2) is 8.96. The summed E-state index contributed by atoms with van der Waals surface area (Å²) < 4.78 is 30.6. The van der Waals surface area contributed by atoms with Crippen LogP contribution in [-0.2, 0) is 14.8 Å². The summed E-state index contributed by atoms with van der Waals surface area (Å²) in [6, 6.07) is 12.8. The van der Waals surface area contributed by atoms with Gasteiger partial charge in [-0.1, -0.05) is 30.3 Å². The molecule has 0 radical (unpaired) electrons. The van der Waals surface area contributed by atoms with Gasteiger partial charge in [0.25, 0.3) is 0 Å². The number of aromatic nitrogens is 2. The van der Waals surface area contributed by atoms with Crippen molar-refractivity contribution in [3.8, 4) is 0 Å². The number of fused-ring (bicyclic) bond motifs is 1. The van der Waals surface area contributed by atoms with Crippen LogP contribution in [0, 0.1) is 13.8 Å². The van der Waals surface area contributed by atoms with Crippen LogP contribution >= 0.6 is 15.9 Å². The Labute approximate surface area is 197 Å². The SMILES string of the molecule is Cc1nn([C@H](C)CC(=O)N2CCN(S(=O)(=O)c3ccc4ccccc4c3)CC2)c(C)c1Br. The monoisotopic (exact) mass is 518 g/mol. The Hall–Kier alpha value is -2.23. The maximum atomic E-state index is 13.1. The molecule has 1 aromatic heterocycles. The van der Waals surface area contributed by atoms with E-state index in [1.165, 1.54) is 4.31 Å². The van der Waals surface area contributed by atoms with E-state index in [1.54, 1.807) is 17.0 Å². The van der Waals surface area contributed by atoms with Crippen molar-refractivity contribution >= 4 is 42.6 Å². The number of nitrogens with zero attached hydrogens (tertiary/aromatic N) is 4. The quantitative estimate of drug-likeness (QED) is 0.513. The zero-order valence-electron chi connectivity index (χ0n) is 18.5. The Balaban J connectivity index is 1.40. The van der Waals surface area contributed by atoms with Crippen LogP contribution in [0.2, 0.25) is 0 Å². The van der Waals surface area contributed by atoms with E-state index >= 15 is 0 Å². The number of aryl methyl sites for hydroxylation is 1. The lowest BCUT2D eigenvalue weighted by Gasteiger charge is -2.34. The summed E-state index contributed by atoms with van der Waals surface area (Å²) >= 11 is 3.53. The van der Waals surface area contributed by atoms with E-state index in [1.807, 2.05) is 55.8 Å². The minimum atomic E-state index is -3.60. The van der Waals surface area contributed by atoms with Gasteiger partial charge in [-0.25, -0.2) is 8.42 Å². The molecule has 0 bridgehead atoms. The first-order chi connectivity index (χ1) is 15.2. The maximum Gasteiger partial charge on any atom is 0.243 e. The molecule has 7 nitrogen and oxygen atoms in total. The topological polar surface area (TPSA) is 75.5 Å². The van der Waals surface area contributed by atoms with E-state index in [2.05, 4.69) is 21.0 Å². The zero-order chi connectivity index (χ0) is 23.0. The third kappa shape index (κ3) is 4.33. The average molecular weight is 519 g/mol. The normalized spacial score (nSPS) is 16.4.